The highest BCUT2D eigenvalue weighted by atomic mass is 32.2. The highest BCUT2D eigenvalue weighted by molar-refractivity contribution is 7.91. The van der Waals surface area contributed by atoms with Crippen molar-refractivity contribution >= 4 is 9.84 Å². The highest BCUT2D eigenvalue weighted by Gasteiger charge is 2.23. The molecule has 4 heteroatoms. The first-order valence-electron chi connectivity index (χ1n) is 5.10. The third-order valence-corrected chi connectivity index (χ3v) is 4.46. The Bertz CT molecular complexity index is 281. The number of nitrogens with two attached hydrogens (primary N) is 1. The second-order valence-corrected chi connectivity index (χ2v) is 6.39. The maximum Gasteiger partial charge on any atom is 0.150 e. The van der Waals surface area contributed by atoms with Crippen LogP contribution in [0, 0.1) is 5.92 Å². The van der Waals surface area contributed by atoms with Gasteiger partial charge in [-0.3, -0.25) is 0 Å². The number of hydrogen-bond acceptors (Lipinski definition) is 3. The van der Waals surface area contributed by atoms with Gasteiger partial charge in [-0.05, 0) is 38.1 Å². The molecule has 1 saturated heterocycles. The second-order valence-electron chi connectivity index (χ2n) is 4.09. The molecule has 0 spiro atoms. The normalized spacial score (nSPS) is 22.1. The van der Waals surface area contributed by atoms with Crippen molar-refractivity contribution in [1.29, 1.82) is 0 Å². The minimum Gasteiger partial charge on any atom is -0.330 e. The molecule has 3 nitrogen and oxygen atoms in total. The summed E-state index contributed by atoms with van der Waals surface area (Å²) in [6, 6.07) is 0. The molecule has 1 rings (SSSR count). The van der Waals surface area contributed by atoms with Crippen LogP contribution in [-0.4, -0.2) is 26.5 Å². The predicted octanol–water partition coefficient (Wildman–Crippen LogP) is 1.11. The molecule has 1 aliphatic heterocycles. The van der Waals surface area contributed by atoms with Crippen LogP contribution in [0.15, 0.2) is 12.2 Å². The predicted molar refractivity (Wildman–Crippen MR) is 58.8 cm³/mol. The van der Waals surface area contributed by atoms with Crippen molar-refractivity contribution in [2.45, 2.75) is 25.7 Å². The first-order valence-corrected chi connectivity index (χ1v) is 6.93. The molecule has 0 atom stereocenters. The van der Waals surface area contributed by atoms with E-state index in [0.717, 1.165) is 31.3 Å². The first kappa shape index (κ1) is 11.7. The summed E-state index contributed by atoms with van der Waals surface area (Å²) >= 11 is 0. The molecule has 82 valence electrons. The van der Waals surface area contributed by atoms with Crippen LogP contribution in [0.4, 0.5) is 0 Å². The van der Waals surface area contributed by atoms with E-state index in [1.165, 1.54) is 0 Å². The lowest BCUT2D eigenvalue weighted by Crippen LogP contribution is -2.23. The fraction of sp³-hybridized carbons (Fsp3) is 0.800. The van der Waals surface area contributed by atoms with E-state index in [1.54, 1.807) is 0 Å². The van der Waals surface area contributed by atoms with Gasteiger partial charge in [0.2, 0.25) is 0 Å². The van der Waals surface area contributed by atoms with Gasteiger partial charge in [-0.1, -0.05) is 12.2 Å². The SMILES string of the molecule is C=C(CCN)CC1CCS(=O)(=O)CC1. The molecule has 0 saturated carbocycles. The topological polar surface area (TPSA) is 60.2 Å². The minimum atomic E-state index is -2.72. The van der Waals surface area contributed by atoms with E-state index in [0.29, 0.717) is 24.0 Å². The molecular formula is C10H19NO2S. The molecule has 0 aliphatic carbocycles. The van der Waals surface area contributed by atoms with Gasteiger partial charge < -0.3 is 5.73 Å². The zero-order valence-electron chi connectivity index (χ0n) is 8.54. The Morgan fingerprint density at radius 1 is 1.36 bits per heavy atom. The van der Waals surface area contributed by atoms with Gasteiger partial charge in [-0.25, -0.2) is 8.42 Å². The number of rotatable bonds is 4. The van der Waals surface area contributed by atoms with Gasteiger partial charge in [0.05, 0.1) is 11.5 Å². The first-order chi connectivity index (χ1) is 6.53. The molecule has 0 aromatic rings. The molecule has 0 aromatic carbocycles. The summed E-state index contributed by atoms with van der Waals surface area (Å²) in [7, 11) is -2.72. The zero-order chi connectivity index (χ0) is 10.6. The van der Waals surface area contributed by atoms with Gasteiger partial charge in [-0.15, -0.1) is 0 Å². The van der Waals surface area contributed by atoms with Crippen molar-refractivity contribution in [3.05, 3.63) is 12.2 Å². The van der Waals surface area contributed by atoms with Crippen molar-refractivity contribution in [2.24, 2.45) is 11.7 Å². The van der Waals surface area contributed by atoms with Gasteiger partial charge in [0.1, 0.15) is 9.84 Å². The largest absolute Gasteiger partial charge is 0.330 e. The Kier molecular flexibility index (Phi) is 4.13. The van der Waals surface area contributed by atoms with E-state index in [1.807, 2.05) is 0 Å². The molecular weight excluding hydrogens is 198 g/mol. The summed E-state index contributed by atoms with van der Waals surface area (Å²) in [5, 5.41) is 0. The van der Waals surface area contributed by atoms with Gasteiger partial charge in [0.25, 0.3) is 0 Å². The van der Waals surface area contributed by atoms with E-state index in [2.05, 4.69) is 6.58 Å². The Hall–Kier alpha value is -0.350. The Labute approximate surface area is 86.3 Å². The summed E-state index contributed by atoms with van der Waals surface area (Å²) in [6.07, 6.45) is 3.41. The monoisotopic (exact) mass is 217 g/mol. The maximum atomic E-state index is 11.2. The summed E-state index contributed by atoms with van der Waals surface area (Å²) in [5.74, 6) is 1.22. The van der Waals surface area contributed by atoms with Gasteiger partial charge >= 0.3 is 0 Å². The molecule has 1 aliphatic rings. The quantitative estimate of drug-likeness (QED) is 0.717. The van der Waals surface area contributed by atoms with Crippen molar-refractivity contribution < 1.29 is 8.42 Å². The molecule has 1 heterocycles. The summed E-state index contributed by atoms with van der Waals surface area (Å²) in [6.45, 7) is 4.59. The maximum absolute atomic E-state index is 11.2. The second kappa shape index (κ2) is 4.94. The third-order valence-electron chi connectivity index (χ3n) is 2.75. The number of sulfone groups is 1. The van der Waals surface area contributed by atoms with Crippen LogP contribution >= 0.6 is 0 Å². The summed E-state index contributed by atoms with van der Waals surface area (Å²) in [5.41, 5.74) is 6.58. The van der Waals surface area contributed by atoms with Crippen LogP contribution in [0.3, 0.4) is 0 Å². The molecule has 0 unspecified atom stereocenters. The van der Waals surface area contributed by atoms with Crippen LogP contribution in [0.1, 0.15) is 25.7 Å². The van der Waals surface area contributed by atoms with Gasteiger partial charge in [0, 0.05) is 0 Å². The molecule has 1 fully saturated rings. The molecule has 2 N–H and O–H groups in total. The van der Waals surface area contributed by atoms with E-state index < -0.39 is 9.84 Å². The molecule has 14 heavy (non-hydrogen) atoms. The molecule has 0 radical (unpaired) electrons. The molecule has 0 bridgehead atoms. The van der Waals surface area contributed by atoms with E-state index in [9.17, 15) is 8.42 Å². The standard InChI is InChI=1S/C10H19NO2S/c1-9(2-5-11)8-10-3-6-14(12,13)7-4-10/h10H,1-8,11H2. The Morgan fingerprint density at radius 2 is 1.93 bits per heavy atom. The molecule has 0 amide bonds. The Balaban J connectivity index is 2.32. The summed E-state index contributed by atoms with van der Waals surface area (Å²) < 4.78 is 22.3. The lowest BCUT2D eigenvalue weighted by molar-refractivity contribution is 0.457. The lowest BCUT2D eigenvalue weighted by Gasteiger charge is -2.22. The lowest BCUT2D eigenvalue weighted by atomic mass is 9.93. The van der Waals surface area contributed by atoms with Crippen LogP contribution in [-0.2, 0) is 9.84 Å². The van der Waals surface area contributed by atoms with Crippen LogP contribution in [0.5, 0.6) is 0 Å². The third kappa shape index (κ3) is 3.80. The van der Waals surface area contributed by atoms with E-state index >= 15 is 0 Å². The fourth-order valence-corrected chi connectivity index (χ4v) is 3.45. The van der Waals surface area contributed by atoms with Gasteiger partial charge in [0.15, 0.2) is 0 Å². The van der Waals surface area contributed by atoms with Crippen molar-refractivity contribution in [3.63, 3.8) is 0 Å². The van der Waals surface area contributed by atoms with E-state index in [4.69, 9.17) is 5.73 Å². The van der Waals surface area contributed by atoms with Crippen LogP contribution < -0.4 is 5.73 Å². The van der Waals surface area contributed by atoms with Crippen LogP contribution in [0.25, 0.3) is 0 Å². The number of hydrogen-bond donors (Lipinski definition) is 1. The van der Waals surface area contributed by atoms with E-state index in [-0.39, 0.29) is 0 Å². The Morgan fingerprint density at radius 3 is 2.43 bits per heavy atom. The van der Waals surface area contributed by atoms with Crippen molar-refractivity contribution in [2.75, 3.05) is 18.1 Å². The average Bonchev–Trinajstić information content (AvgIpc) is 2.09. The summed E-state index contributed by atoms with van der Waals surface area (Å²) in [4.78, 5) is 0. The smallest absolute Gasteiger partial charge is 0.150 e. The van der Waals surface area contributed by atoms with Crippen LogP contribution in [0.2, 0.25) is 0 Å². The van der Waals surface area contributed by atoms with Crippen molar-refractivity contribution in [1.82, 2.24) is 0 Å². The van der Waals surface area contributed by atoms with Crippen molar-refractivity contribution in [3.8, 4) is 0 Å². The fourth-order valence-electron chi connectivity index (χ4n) is 1.86. The zero-order valence-corrected chi connectivity index (χ0v) is 9.35. The highest BCUT2D eigenvalue weighted by Crippen LogP contribution is 2.25. The molecule has 0 aromatic heterocycles. The minimum absolute atomic E-state index is 0.355. The average molecular weight is 217 g/mol. The van der Waals surface area contributed by atoms with Gasteiger partial charge in [-0.2, -0.15) is 0 Å².